The molecule has 0 saturated carbocycles. The third kappa shape index (κ3) is 2.86. The van der Waals surface area contributed by atoms with Crippen LogP contribution in [0.2, 0.25) is 0 Å². The van der Waals surface area contributed by atoms with Crippen molar-refractivity contribution in [3.63, 3.8) is 0 Å². The third-order valence-corrected chi connectivity index (χ3v) is 4.13. The smallest absolute Gasteiger partial charge is 0.252 e. The first-order chi connectivity index (χ1) is 11.7. The van der Waals surface area contributed by atoms with Gasteiger partial charge in [-0.2, -0.15) is 0 Å². The molecule has 2 aromatic rings. The predicted molar refractivity (Wildman–Crippen MR) is 87.2 cm³/mol. The van der Waals surface area contributed by atoms with Crippen LogP contribution in [0.4, 0.5) is 0 Å². The molecule has 4 atom stereocenters. The molecular weight excluding hydrogens is 308 g/mol. The van der Waals surface area contributed by atoms with E-state index in [2.05, 4.69) is 10.3 Å². The second-order valence-electron chi connectivity index (χ2n) is 5.91. The molecule has 1 aromatic carbocycles. The van der Waals surface area contributed by atoms with Crippen LogP contribution in [0.3, 0.4) is 0 Å². The number of ether oxygens (including phenoxy) is 2. The van der Waals surface area contributed by atoms with E-state index in [4.69, 9.17) is 13.9 Å². The van der Waals surface area contributed by atoms with Gasteiger partial charge in [0, 0.05) is 0 Å². The average molecular weight is 326 g/mol. The molecule has 0 radical (unpaired) electrons. The fourth-order valence-electron chi connectivity index (χ4n) is 2.85. The van der Waals surface area contributed by atoms with E-state index in [0.29, 0.717) is 11.5 Å². The Morgan fingerprint density at radius 2 is 2.04 bits per heavy atom. The number of oxazole rings is 1. The number of aromatic nitrogens is 1. The molecule has 6 nitrogen and oxygen atoms in total. The standard InChI is InChI=1S/C18H18N2O4/c1-11(18-20-12-6-2-3-7-13(12)24-18)19-17(21)16-10-22-14-8-4-5-9-15(14)23-16/h2-9,11,14-16H,10H2,1H3,(H,19,21). The summed E-state index contributed by atoms with van der Waals surface area (Å²) in [6.07, 6.45) is 6.65. The van der Waals surface area contributed by atoms with Crippen LogP contribution in [0.5, 0.6) is 0 Å². The highest BCUT2D eigenvalue weighted by Crippen LogP contribution is 2.22. The van der Waals surface area contributed by atoms with E-state index >= 15 is 0 Å². The lowest BCUT2D eigenvalue weighted by molar-refractivity contribution is -0.168. The van der Waals surface area contributed by atoms with E-state index in [1.807, 2.05) is 55.5 Å². The first-order valence-corrected chi connectivity index (χ1v) is 7.98. The predicted octanol–water partition coefficient (Wildman–Crippen LogP) is 2.28. The first-order valence-electron chi connectivity index (χ1n) is 7.98. The van der Waals surface area contributed by atoms with Crippen LogP contribution in [0, 0.1) is 0 Å². The van der Waals surface area contributed by atoms with Crippen LogP contribution in [-0.4, -0.2) is 35.8 Å². The zero-order valence-corrected chi connectivity index (χ0v) is 13.2. The number of amides is 1. The zero-order chi connectivity index (χ0) is 16.5. The van der Waals surface area contributed by atoms with E-state index in [9.17, 15) is 4.79 Å². The molecule has 1 aliphatic carbocycles. The Kier molecular flexibility index (Phi) is 3.92. The molecule has 2 aliphatic rings. The van der Waals surface area contributed by atoms with Crippen molar-refractivity contribution < 1.29 is 18.7 Å². The maximum absolute atomic E-state index is 12.4. The lowest BCUT2D eigenvalue weighted by Gasteiger charge is -2.34. The lowest BCUT2D eigenvalue weighted by Crippen LogP contribution is -2.49. The van der Waals surface area contributed by atoms with Crippen LogP contribution < -0.4 is 5.32 Å². The van der Waals surface area contributed by atoms with Gasteiger partial charge in [0.25, 0.3) is 5.91 Å². The highest BCUT2D eigenvalue weighted by molar-refractivity contribution is 5.81. The van der Waals surface area contributed by atoms with Gasteiger partial charge in [-0.3, -0.25) is 4.79 Å². The van der Waals surface area contributed by atoms with Gasteiger partial charge in [0.15, 0.2) is 11.7 Å². The molecule has 0 bridgehead atoms. The molecule has 1 aliphatic heterocycles. The zero-order valence-electron chi connectivity index (χ0n) is 13.2. The molecule has 1 fully saturated rings. The summed E-state index contributed by atoms with van der Waals surface area (Å²) >= 11 is 0. The van der Waals surface area contributed by atoms with Crippen molar-refractivity contribution in [1.82, 2.24) is 10.3 Å². The minimum atomic E-state index is -0.644. The van der Waals surface area contributed by atoms with Crippen molar-refractivity contribution in [2.45, 2.75) is 31.3 Å². The Bertz CT molecular complexity index is 777. The minimum Gasteiger partial charge on any atom is -0.438 e. The van der Waals surface area contributed by atoms with E-state index in [1.165, 1.54) is 0 Å². The van der Waals surface area contributed by atoms with Crippen molar-refractivity contribution in [3.05, 3.63) is 54.5 Å². The second kappa shape index (κ2) is 6.22. The summed E-state index contributed by atoms with van der Waals surface area (Å²) in [7, 11) is 0. The summed E-state index contributed by atoms with van der Waals surface area (Å²) < 4.78 is 17.2. The number of hydrogen-bond acceptors (Lipinski definition) is 5. The summed E-state index contributed by atoms with van der Waals surface area (Å²) in [6.45, 7) is 2.06. The normalized spacial score (nSPS) is 27.0. The molecule has 1 N–H and O–H groups in total. The quantitative estimate of drug-likeness (QED) is 0.937. The maximum atomic E-state index is 12.4. The van der Waals surface area contributed by atoms with Gasteiger partial charge in [-0.15, -0.1) is 0 Å². The van der Waals surface area contributed by atoms with Crippen molar-refractivity contribution >= 4 is 17.0 Å². The Hall–Kier alpha value is -2.44. The van der Waals surface area contributed by atoms with E-state index in [-0.39, 0.29) is 30.8 Å². The highest BCUT2D eigenvalue weighted by Gasteiger charge is 2.34. The highest BCUT2D eigenvalue weighted by atomic mass is 16.6. The minimum absolute atomic E-state index is 0.117. The van der Waals surface area contributed by atoms with Crippen LogP contribution in [0.15, 0.2) is 53.0 Å². The van der Waals surface area contributed by atoms with Crippen LogP contribution in [-0.2, 0) is 14.3 Å². The number of fused-ring (bicyclic) bond motifs is 2. The molecule has 1 saturated heterocycles. The molecule has 4 unspecified atom stereocenters. The maximum Gasteiger partial charge on any atom is 0.252 e. The summed E-state index contributed by atoms with van der Waals surface area (Å²) in [4.78, 5) is 16.8. The SMILES string of the molecule is CC(NC(=O)C1COC2C=CC=CC2O1)c1nc2ccccc2o1. The molecule has 2 heterocycles. The Balaban J connectivity index is 1.42. The summed E-state index contributed by atoms with van der Waals surface area (Å²) in [5, 5.41) is 2.88. The molecule has 4 rings (SSSR count). The first kappa shape index (κ1) is 15.1. The van der Waals surface area contributed by atoms with E-state index < -0.39 is 6.10 Å². The molecule has 0 spiro atoms. The van der Waals surface area contributed by atoms with E-state index in [1.54, 1.807) is 0 Å². The monoisotopic (exact) mass is 326 g/mol. The van der Waals surface area contributed by atoms with Crippen molar-refractivity contribution in [1.29, 1.82) is 0 Å². The second-order valence-corrected chi connectivity index (χ2v) is 5.91. The van der Waals surface area contributed by atoms with Crippen LogP contribution >= 0.6 is 0 Å². The molecule has 124 valence electrons. The molecule has 1 amide bonds. The average Bonchev–Trinajstić information content (AvgIpc) is 3.05. The van der Waals surface area contributed by atoms with Gasteiger partial charge in [-0.25, -0.2) is 4.98 Å². The fraction of sp³-hybridized carbons (Fsp3) is 0.333. The number of carbonyl (C=O) groups excluding carboxylic acids is 1. The number of benzene rings is 1. The number of allylic oxidation sites excluding steroid dienone is 2. The van der Waals surface area contributed by atoms with Gasteiger partial charge in [0.05, 0.1) is 6.61 Å². The van der Waals surface area contributed by atoms with Crippen molar-refractivity contribution in [3.8, 4) is 0 Å². The van der Waals surface area contributed by atoms with Gasteiger partial charge in [0.2, 0.25) is 5.89 Å². The number of nitrogens with one attached hydrogen (secondary N) is 1. The fourth-order valence-corrected chi connectivity index (χ4v) is 2.85. The molecular formula is C18H18N2O4. The van der Waals surface area contributed by atoms with Crippen molar-refractivity contribution in [2.75, 3.05) is 6.61 Å². The Morgan fingerprint density at radius 1 is 1.25 bits per heavy atom. The van der Waals surface area contributed by atoms with Gasteiger partial charge in [-0.05, 0) is 19.1 Å². The number of rotatable bonds is 3. The Labute approximate surface area is 139 Å². The topological polar surface area (TPSA) is 73.6 Å². The van der Waals surface area contributed by atoms with Gasteiger partial charge < -0.3 is 19.2 Å². The van der Waals surface area contributed by atoms with Gasteiger partial charge in [0.1, 0.15) is 23.8 Å². The third-order valence-electron chi connectivity index (χ3n) is 4.13. The number of hydrogen-bond donors (Lipinski definition) is 1. The van der Waals surface area contributed by atoms with E-state index in [0.717, 1.165) is 5.52 Å². The molecule has 6 heteroatoms. The van der Waals surface area contributed by atoms with Crippen LogP contribution in [0.25, 0.3) is 11.1 Å². The number of carbonyl (C=O) groups is 1. The summed E-state index contributed by atoms with van der Waals surface area (Å²) in [6, 6.07) is 7.15. The van der Waals surface area contributed by atoms with Crippen LogP contribution in [0.1, 0.15) is 18.9 Å². The number of para-hydroxylation sites is 2. The lowest BCUT2D eigenvalue weighted by atomic mass is 10.1. The summed E-state index contributed by atoms with van der Waals surface area (Å²) in [5.74, 6) is 0.241. The molecule has 24 heavy (non-hydrogen) atoms. The van der Waals surface area contributed by atoms with Gasteiger partial charge >= 0.3 is 0 Å². The Morgan fingerprint density at radius 3 is 2.88 bits per heavy atom. The largest absolute Gasteiger partial charge is 0.438 e. The summed E-state index contributed by atoms with van der Waals surface area (Å²) in [5.41, 5.74) is 1.47. The van der Waals surface area contributed by atoms with Crippen molar-refractivity contribution in [2.24, 2.45) is 0 Å². The number of nitrogens with zero attached hydrogens (tertiary/aromatic N) is 1. The van der Waals surface area contributed by atoms with Gasteiger partial charge in [-0.1, -0.05) is 36.4 Å². The molecule has 1 aromatic heterocycles.